The maximum Gasteiger partial charge on any atom is 0.284 e. The zero-order valence-corrected chi connectivity index (χ0v) is 11.2. The lowest BCUT2D eigenvalue weighted by Gasteiger charge is -2.15. The molecule has 0 bridgehead atoms. The van der Waals surface area contributed by atoms with Gasteiger partial charge in [0.15, 0.2) is 0 Å². The monoisotopic (exact) mass is 311 g/mol. The summed E-state index contributed by atoms with van der Waals surface area (Å²) in [6.07, 6.45) is 0.223. The van der Waals surface area contributed by atoms with Crippen molar-refractivity contribution >= 4 is 27.5 Å². The number of carbonyl (C=O) groups is 1. The van der Waals surface area contributed by atoms with Crippen molar-refractivity contribution in [2.45, 2.75) is 6.42 Å². The van der Waals surface area contributed by atoms with Crippen LogP contribution >= 0.6 is 15.9 Å². The molecule has 0 saturated carbocycles. The number of hydrogen-bond acceptors (Lipinski definition) is 4. The normalized spacial score (nSPS) is 9.61. The van der Waals surface area contributed by atoms with Gasteiger partial charge in [0, 0.05) is 25.2 Å². The van der Waals surface area contributed by atoms with E-state index in [0.717, 1.165) is 0 Å². The third-order valence-electron chi connectivity index (χ3n) is 2.30. The lowest BCUT2D eigenvalue weighted by molar-refractivity contribution is -0.385. The molecule has 0 unspecified atom stereocenters. The van der Waals surface area contributed by atoms with E-state index in [4.69, 9.17) is 5.26 Å². The van der Waals surface area contributed by atoms with E-state index in [2.05, 4.69) is 15.9 Å². The molecule has 0 heterocycles. The molecule has 0 aliphatic rings. The van der Waals surface area contributed by atoms with Crippen molar-refractivity contribution in [3.8, 4) is 6.07 Å². The Morgan fingerprint density at radius 2 is 2.28 bits per heavy atom. The molecule has 1 rings (SSSR count). The number of nitro groups is 1. The van der Waals surface area contributed by atoms with Crippen molar-refractivity contribution in [2.24, 2.45) is 0 Å². The summed E-state index contributed by atoms with van der Waals surface area (Å²) in [4.78, 5) is 23.5. The Hall–Kier alpha value is -1.94. The van der Waals surface area contributed by atoms with Gasteiger partial charge in [-0.3, -0.25) is 14.9 Å². The number of carbonyl (C=O) groups excluding carboxylic acids is 1. The molecule has 0 atom stereocenters. The maximum atomic E-state index is 11.9. The van der Waals surface area contributed by atoms with Crippen LogP contribution in [0.5, 0.6) is 0 Å². The molecule has 0 aromatic heterocycles. The summed E-state index contributed by atoms with van der Waals surface area (Å²) in [5.74, 6) is -0.346. The topological polar surface area (TPSA) is 87.2 Å². The summed E-state index contributed by atoms with van der Waals surface area (Å²) in [7, 11) is 1.55. The van der Waals surface area contributed by atoms with Crippen LogP contribution < -0.4 is 0 Å². The summed E-state index contributed by atoms with van der Waals surface area (Å²) < 4.78 is 0.323. The van der Waals surface area contributed by atoms with Crippen molar-refractivity contribution in [2.75, 3.05) is 13.6 Å². The van der Waals surface area contributed by atoms with E-state index < -0.39 is 4.92 Å². The number of benzene rings is 1. The van der Waals surface area contributed by atoms with Gasteiger partial charge in [-0.2, -0.15) is 5.26 Å². The van der Waals surface area contributed by atoms with Crippen LogP contribution in [0, 0.1) is 21.4 Å². The van der Waals surface area contributed by atoms with Crippen LogP contribution in [0.4, 0.5) is 5.69 Å². The van der Waals surface area contributed by atoms with Gasteiger partial charge in [-0.25, -0.2) is 0 Å². The van der Waals surface area contributed by atoms with E-state index in [1.807, 2.05) is 6.07 Å². The standard InChI is InChI=1S/C11H10BrN3O3/c1-14(6-2-5-13)11(16)8-3-4-9(12)10(7-8)15(17)18/h3-4,7H,2,6H2,1H3. The number of amides is 1. The fraction of sp³-hybridized carbons (Fsp3) is 0.273. The van der Waals surface area contributed by atoms with Gasteiger partial charge in [0.2, 0.25) is 0 Å². The summed E-state index contributed by atoms with van der Waals surface area (Å²) in [5.41, 5.74) is 0.0693. The highest BCUT2D eigenvalue weighted by atomic mass is 79.9. The molecular weight excluding hydrogens is 302 g/mol. The average molecular weight is 312 g/mol. The highest BCUT2D eigenvalue weighted by Crippen LogP contribution is 2.26. The molecule has 0 saturated heterocycles. The number of halogens is 1. The van der Waals surface area contributed by atoms with Crippen molar-refractivity contribution in [1.29, 1.82) is 5.26 Å². The first-order valence-electron chi connectivity index (χ1n) is 5.03. The van der Waals surface area contributed by atoms with E-state index in [-0.39, 0.29) is 23.6 Å². The maximum absolute atomic E-state index is 11.9. The van der Waals surface area contributed by atoms with Crippen LogP contribution in [0.15, 0.2) is 22.7 Å². The molecule has 0 N–H and O–H groups in total. The van der Waals surface area contributed by atoms with Crippen molar-refractivity contribution < 1.29 is 9.72 Å². The molecule has 1 aromatic carbocycles. The molecule has 0 aliphatic heterocycles. The fourth-order valence-electron chi connectivity index (χ4n) is 1.33. The molecule has 1 amide bonds. The first-order chi connectivity index (χ1) is 8.47. The number of nitrogens with zero attached hydrogens (tertiary/aromatic N) is 3. The molecule has 18 heavy (non-hydrogen) atoms. The smallest absolute Gasteiger partial charge is 0.284 e. The summed E-state index contributed by atoms with van der Waals surface area (Å²) in [6, 6.07) is 6.12. The second-order valence-corrected chi connectivity index (χ2v) is 4.41. The Bertz CT molecular complexity index is 525. The summed E-state index contributed by atoms with van der Waals surface area (Å²) >= 11 is 3.05. The average Bonchev–Trinajstić information content (AvgIpc) is 2.35. The van der Waals surface area contributed by atoms with Crippen LogP contribution in [-0.4, -0.2) is 29.3 Å². The fourth-order valence-corrected chi connectivity index (χ4v) is 1.72. The van der Waals surface area contributed by atoms with Crippen LogP contribution in [0.2, 0.25) is 0 Å². The zero-order valence-electron chi connectivity index (χ0n) is 9.59. The second-order valence-electron chi connectivity index (χ2n) is 3.56. The lowest BCUT2D eigenvalue weighted by atomic mass is 10.2. The van der Waals surface area contributed by atoms with Gasteiger partial charge in [-0.05, 0) is 28.1 Å². The Kier molecular flexibility index (Phi) is 4.80. The van der Waals surface area contributed by atoms with E-state index >= 15 is 0 Å². The first kappa shape index (κ1) is 14.1. The molecule has 6 nitrogen and oxygen atoms in total. The molecule has 0 aliphatic carbocycles. The minimum atomic E-state index is -0.559. The Morgan fingerprint density at radius 1 is 1.61 bits per heavy atom. The molecule has 1 aromatic rings. The van der Waals surface area contributed by atoms with Crippen LogP contribution in [0.25, 0.3) is 0 Å². The third-order valence-corrected chi connectivity index (χ3v) is 2.97. The van der Waals surface area contributed by atoms with E-state index in [9.17, 15) is 14.9 Å². The lowest BCUT2D eigenvalue weighted by Crippen LogP contribution is -2.27. The number of nitriles is 1. The van der Waals surface area contributed by atoms with Crippen molar-refractivity contribution in [3.05, 3.63) is 38.3 Å². The Labute approximate surface area is 112 Å². The molecule has 0 radical (unpaired) electrons. The predicted octanol–water partition coefficient (Wildman–Crippen LogP) is 2.34. The number of hydrogen-bond donors (Lipinski definition) is 0. The predicted molar refractivity (Wildman–Crippen MR) is 68.0 cm³/mol. The number of rotatable bonds is 4. The van der Waals surface area contributed by atoms with Crippen LogP contribution in [0.1, 0.15) is 16.8 Å². The van der Waals surface area contributed by atoms with Gasteiger partial charge in [-0.1, -0.05) is 0 Å². The van der Waals surface area contributed by atoms with Crippen LogP contribution in [0.3, 0.4) is 0 Å². The van der Waals surface area contributed by atoms with Gasteiger partial charge in [-0.15, -0.1) is 0 Å². The second kappa shape index (κ2) is 6.12. The van der Waals surface area contributed by atoms with E-state index in [1.54, 1.807) is 7.05 Å². The molecule has 0 fully saturated rings. The van der Waals surface area contributed by atoms with Crippen molar-refractivity contribution in [1.82, 2.24) is 4.90 Å². The van der Waals surface area contributed by atoms with Gasteiger partial charge in [0.25, 0.3) is 11.6 Å². The van der Waals surface area contributed by atoms with Gasteiger partial charge >= 0.3 is 0 Å². The SMILES string of the molecule is CN(CCC#N)C(=O)c1ccc(Br)c([N+](=O)[O-])c1. The van der Waals surface area contributed by atoms with Gasteiger partial charge in [0.05, 0.1) is 21.9 Å². The minimum Gasteiger partial charge on any atom is -0.341 e. The quantitative estimate of drug-likeness (QED) is 0.630. The van der Waals surface area contributed by atoms with Gasteiger partial charge < -0.3 is 4.90 Å². The molecule has 7 heteroatoms. The summed E-state index contributed by atoms with van der Waals surface area (Å²) in [6.45, 7) is 0.291. The van der Waals surface area contributed by atoms with Crippen LogP contribution in [-0.2, 0) is 0 Å². The highest BCUT2D eigenvalue weighted by Gasteiger charge is 2.18. The number of nitro benzene ring substituents is 1. The van der Waals surface area contributed by atoms with E-state index in [0.29, 0.717) is 11.0 Å². The largest absolute Gasteiger partial charge is 0.341 e. The minimum absolute atomic E-state index is 0.158. The van der Waals surface area contributed by atoms with Crippen molar-refractivity contribution in [3.63, 3.8) is 0 Å². The summed E-state index contributed by atoms with van der Waals surface area (Å²) in [5, 5.41) is 19.2. The Balaban J connectivity index is 2.97. The van der Waals surface area contributed by atoms with E-state index in [1.165, 1.54) is 23.1 Å². The molecule has 0 spiro atoms. The van der Waals surface area contributed by atoms with Gasteiger partial charge in [0.1, 0.15) is 0 Å². The highest BCUT2D eigenvalue weighted by molar-refractivity contribution is 9.10. The molecular formula is C11H10BrN3O3. The first-order valence-corrected chi connectivity index (χ1v) is 5.83. The molecule has 94 valence electrons. The zero-order chi connectivity index (χ0) is 13.7. The third kappa shape index (κ3) is 3.28. The Morgan fingerprint density at radius 3 is 2.83 bits per heavy atom.